The van der Waals surface area contributed by atoms with Crippen LogP contribution in [0.5, 0.6) is 0 Å². The predicted octanol–water partition coefficient (Wildman–Crippen LogP) is 7.23. The van der Waals surface area contributed by atoms with Crippen LogP contribution >= 0.6 is 0 Å². The smallest absolute Gasteiger partial charge is 0.0443 e. The van der Waals surface area contributed by atoms with Gasteiger partial charge in [0.15, 0.2) is 0 Å². The lowest BCUT2D eigenvalue weighted by Crippen LogP contribution is -1.97. The highest BCUT2D eigenvalue weighted by Gasteiger charge is 2.03. The van der Waals surface area contributed by atoms with Gasteiger partial charge >= 0.3 is 0 Å². The first-order valence-corrected chi connectivity index (χ1v) is 9.06. The Morgan fingerprint density at radius 1 is 0.526 bits per heavy atom. The summed E-state index contributed by atoms with van der Waals surface area (Å²) in [6.45, 7) is 11.8. The van der Waals surface area contributed by atoms with E-state index in [1.807, 2.05) is 0 Å². The fourth-order valence-corrected chi connectivity index (χ4v) is 2.73. The van der Waals surface area contributed by atoms with E-state index < -0.39 is 0 Å². The second-order valence-corrected chi connectivity index (χ2v) is 7.29. The summed E-state index contributed by atoms with van der Waals surface area (Å²) in [4.78, 5) is 0. The van der Waals surface area contributed by atoms with Crippen LogP contribution in [0.3, 0.4) is 0 Å². The number of unbranched alkanes of at least 4 members (excludes halogenated alkanes) is 4. The van der Waals surface area contributed by atoms with E-state index in [9.17, 15) is 0 Å². The molecule has 116 valence electrons. The molecule has 0 aromatic rings. The molecule has 2 atom stereocenters. The molecule has 19 heavy (non-hydrogen) atoms. The maximum atomic E-state index is 2.46. The minimum Gasteiger partial charge on any atom is -0.0651 e. The SMILES string of the molecule is CCC(C)CCCCC(C)CCCCCCC(C)C. The second-order valence-electron chi connectivity index (χ2n) is 7.29. The molecule has 0 saturated heterocycles. The molecule has 0 heteroatoms. The molecule has 0 nitrogen and oxygen atoms in total. The van der Waals surface area contributed by atoms with Crippen LogP contribution in [0.1, 0.15) is 105 Å². The summed E-state index contributed by atoms with van der Waals surface area (Å²) >= 11 is 0. The van der Waals surface area contributed by atoms with E-state index in [0.717, 1.165) is 17.8 Å². The Morgan fingerprint density at radius 2 is 0.947 bits per heavy atom. The molecule has 0 aliphatic rings. The van der Waals surface area contributed by atoms with E-state index in [1.54, 1.807) is 0 Å². The maximum absolute atomic E-state index is 2.46. The second kappa shape index (κ2) is 13.0. The Kier molecular flexibility index (Phi) is 13.0. The van der Waals surface area contributed by atoms with Gasteiger partial charge in [-0.1, -0.05) is 105 Å². The molecule has 0 rings (SSSR count). The van der Waals surface area contributed by atoms with E-state index in [-0.39, 0.29) is 0 Å². The van der Waals surface area contributed by atoms with Crippen molar-refractivity contribution in [3.8, 4) is 0 Å². The number of hydrogen-bond donors (Lipinski definition) is 0. The van der Waals surface area contributed by atoms with E-state index in [4.69, 9.17) is 0 Å². The Balaban J connectivity index is 3.23. The molecule has 0 spiro atoms. The quantitative estimate of drug-likeness (QED) is 0.309. The fraction of sp³-hybridized carbons (Fsp3) is 1.00. The first kappa shape index (κ1) is 19.0. The van der Waals surface area contributed by atoms with Gasteiger partial charge < -0.3 is 0 Å². The van der Waals surface area contributed by atoms with Gasteiger partial charge in [-0.2, -0.15) is 0 Å². The third-order valence-electron chi connectivity index (χ3n) is 4.57. The highest BCUT2D eigenvalue weighted by Crippen LogP contribution is 2.19. The van der Waals surface area contributed by atoms with Crippen LogP contribution in [-0.4, -0.2) is 0 Å². The minimum absolute atomic E-state index is 0.893. The molecule has 2 unspecified atom stereocenters. The van der Waals surface area contributed by atoms with E-state index in [0.29, 0.717) is 0 Å². The Morgan fingerprint density at radius 3 is 1.42 bits per heavy atom. The molecule has 0 aromatic carbocycles. The monoisotopic (exact) mass is 268 g/mol. The molecule has 0 amide bonds. The summed E-state index contributed by atoms with van der Waals surface area (Å²) in [5.74, 6) is 2.79. The van der Waals surface area contributed by atoms with Crippen LogP contribution in [0.15, 0.2) is 0 Å². The normalized spacial score (nSPS) is 14.8. The Labute approximate surface area is 123 Å². The lowest BCUT2D eigenvalue weighted by Gasteiger charge is -2.12. The maximum Gasteiger partial charge on any atom is -0.0443 e. The molecule has 0 aliphatic heterocycles. The average Bonchev–Trinajstić information content (AvgIpc) is 2.38. The highest BCUT2D eigenvalue weighted by atomic mass is 14.1. The van der Waals surface area contributed by atoms with Crippen molar-refractivity contribution in [2.75, 3.05) is 0 Å². The van der Waals surface area contributed by atoms with E-state index in [1.165, 1.54) is 70.6 Å². The molecule has 0 N–H and O–H groups in total. The summed E-state index contributed by atoms with van der Waals surface area (Å²) in [5, 5.41) is 0. The van der Waals surface area contributed by atoms with Gasteiger partial charge in [0.1, 0.15) is 0 Å². The summed E-state index contributed by atoms with van der Waals surface area (Å²) in [6.07, 6.45) is 15.9. The van der Waals surface area contributed by atoms with Crippen LogP contribution in [0.2, 0.25) is 0 Å². The zero-order valence-corrected chi connectivity index (χ0v) is 14.5. The van der Waals surface area contributed by atoms with Crippen LogP contribution in [0, 0.1) is 17.8 Å². The Hall–Kier alpha value is 0. The summed E-state index contributed by atoms with van der Waals surface area (Å²) in [7, 11) is 0. The first-order valence-electron chi connectivity index (χ1n) is 9.06. The van der Waals surface area contributed by atoms with Gasteiger partial charge in [-0.25, -0.2) is 0 Å². The number of hydrogen-bond acceptors (Lipinski definition) is 0. The third-order valence-corrected chi connectivity index (χ3v) is 4.57. The molecule has 0 radical (unpaired) electrons. The van der Waals surface area contributed by atoms with Crippen molar-refractivity contribution in [3.05, 3.63) is 0 Å². The summed E-state index contributed by atoms with van der Waals surface area (Å²) in [5.41, 5.74) is 0. The standard InChI is InChI=1S/C19H40/c1-6-18(4)14-11-12-16-19(5)15-10-8-7-9-13-17(2)3/h17-19H,6-16H2,1-5H3. The van der Waals surface area contributed by atoms with Crippen molar-refractivity contribution in [2.24, 2.45) is 17.8 Å². The van der Waals surface area contributed by atoms with E-state index in [2.05, 4.69) is 34.6 Å². The van der Waals surface area contributed by atoms with Crippen LogP contribution < -0.4 is 0 Å². The lowest BCUT2D eigenvalue weighted by molar-refractivity contribution is 0.411. The topological polar surface area (TPSA) is 0 Å². The van der Waals surface area contributed by atoms with Crippen LogP contribution in [0.4, 0.5) is 0 Å². The molecule has 0 saturated carbocycles. The first-order chi connectivity index (χ1) is 9.06. The van der Waals surface area contributed by atoms with Crippen molar-refractivity contribution in [3.63, 3.8) is 0 Å². The van der Waals surface area contributed by atoms with Crippen molar-refractivity contribution in [2.45, 2.75) is 105 Å². The van der Waals surface area contributed by atoms with Crippen molar-refractivity contribution in [1.29, 1.82) is 0 Å². The van der Waals surface area contributed by atoms with E-state index >= 15 is 0 Å². The minimum atomic E-state index is 0.893. The summed E-state index contributed by atoms with van der Waals surface area (Å²) < 4.78 is 0. The van der Waals surface area contributed by atoms with Crippen LogP contribution in [0.25, 0.3) is 0 Å². The van der Waals surface area contributed by atoms with Gasteiger partial charge in [0.25, 0.3) is 0 Å². The van der Waals surface area contributed by atoms with Gasteiger partial charge in [-0.05, 0) is 17.8 Å². The summed E-state index contributed by atoms with van der Waals surface area (Å²) in [6, 6.07) is 0. The van der Waals surface area contributed by atoms with Gasteiger partial charge in [0.05, 0.1) is 0 Å². The largest absolute Gasteiger partial charge is 0.0651 e. The molecule has 0 bridgehead atoms. The van der Waals surface area contributed by atoms with Gasteiger partial charge in [0.2, 0.25) is 0 Å². The fourth-order valence-electron chi connectivity index (χ4n) is 2.73. The molecule has 0 aromatic heterocycles. The predicted molar refractivity (Wildman–Crippen MR) is 89.6 cm³/mol. The molecular formula is C19H40. The zero-order valence-electron chi connectivity index (χ0n) is 14.5. The number of rotatable bonds is 13. The zero-order chi connectivity index (χ0) is 14.5. The van der Waals surface area contributed by atoms with Crippen molar-refractivity contribution >= 4 is 0 Å². The van der Waals surface area contributed by atoms with Gasteiger partial charge in [-0.3, -0.25) is 0 Å². The average molecular weight is 269 g/mol. The van der Waals surface area contributed by atoms with Gasteiger partial charge in [-0.15, -0.1) is 0 Å². The lowest BCUT2D eigenvalue weighted by atomic mass is 9.94. The van der Waals surface area contributed by atoms with Crippen molar-refractivity contribution in [1.82, 2.24) is 0 Å². The Bertz CT molecular complexity index is 171. The molecule has 0 aliphatic carbocycles. The van der Waals surface area contributed by atoms with Gasteiger partial charge in [0, 0.05) is 0 Å². The van der Waals surface area contributed by atoms with Crippen LogP contribution in [-0.2, 0) is 0 Å². The molecule has 0 heterocycles. The molecule has 0 fully saturated rings. The molecular weight excluding hydrogens is 228 g/mol. The third kappa shape index (κ3) is 14.2. The highest BCUT2D eigenvalue weighted by molar-refractivity contribution is 4.57. The van der Waals surface area contributed by atoms with Crippen molar-refractivity contribution < 1.29 is 0 Å².